The molecule has 4 aromatic rings. The second-order valence-corrected chi connectivity index (χ2v) is 6.71. The maximum absolute atomic E-state index is 5.85. The summed E-state index contributed by atoms with van der Waals surface area (Å²) in [4.78, 5) is 19.3. The van der Waals surface area contributed by atoms with E-state index in [1.54, 1.807) is 12.4 Å². The van der Waals surface area contributed by atoms with Gasteiger partial charge in [0.05, 0.1) is 19.8 Å². The summed E-state index contributed by atoms with van der Waals surface area (Å²) in [5.74, 6) is 1.29. The van der Waals surface area contributed by atoms with Crippen molar-refractivity contribution in [1.29, 1.82) is 0 Å². The standard InChI is InChI=1S/C21H21N5O2/c1-2-28-20-19-18(24-21(25-20)26-9-11-27-12-10-26)16-4-3-15(13-17(16)23-19)14-5-7-22-8-6-14/h3-8,13,23H,2,9-12H2,1H3. The third kappa shape index (κ3) is 2.93. The minimum atomic E-state index is 0.548. The van der Waals surface area contributed by atoms with Gasteiger partial charge in [0.25, 0.3) is 0 Å². The molecular weight excluding hydrogens is 354 g/mol. The minimum absolute atomic E-state index is 0.548. The summed E-state index contributed by atoms with van der Waals surface area (Å²) < 4.78 is 11.3. The highest BCUT2D eigenvalue weighted by Gasteiger charge is 2.20. The van der Waals surface area contributed by atoms with Crippen LogP contribution >= 0.6 is 0 Å². The number of hydrogen-bond donors (Lipinski definition) is 1. The van der Waals surface area contributed by atoms with Crippen LogP contribution in [0.5, 0.6) is 5.88 Å². The van der Waals surface area contributed by atoms with Gasteiger partial charge in [-0.2, -0.15) is 4.98 Å². The van der Waals surface area contributed by atoms with E-state index in [0.29, 0.717) is 31.6 Å². The Morgan fingerprint density at radius 1 is 1.07 bits per heavy atom. The normalized spacial score (nSPS) is 14.7. The highest BCUT2D eigenvalue weighted by Crippen LogP contribution is 2.33. The van der Waals surface area contributed by atoms with Crippen LogP contribution in [0.15, 0.2) is 42.7 Å². The molecule has 1 aliphatic heterocycles. The van der Waals surface area contributed by atoms with Crippen LogP contribution < -0.4 is 9.64 Å². The van der Waals surface area contributed by atoms with E-state index in [4.69, 9.17) is 14.5 Å². The zero-order chi connectivity index (χ0) is 18.9. The number of morpholine rings is 1. The molecule has 1 aromatic carbocycles. The fourth-order valence-corrected chi connectivity index (χ4v) is 3.60. The maximum Gasteiger partial charge on any atom is 0.243 e. The molecule has 0 atom stereocenters. The number of anilines is 1. The Morgan fingerprint density at radius 3 is 2.68 bits per heavy atom. The zero-order valence-corrected chi connectivity index (χ0v) is 15.7. The predicted molar refractivity (Wildman–Crippen MR) is 109 cm³/mol. The molecule has 0 radical (unpaired) electrons. The number of pyridine rings is 1. The number of rotatable bonds is 4. The lowest BCUT2D eigenvalue weighted by molar-refractivity contribution is 0.122. The Hall–Kier alpha value is -3.19. The number of nitrogens with one attached hydrogen (secondary N) is 1. The van der Waals surface area contributed by atoms with Crippen LogP contribution in [-0.4, -0.2) is 52.8 Å². The van der Waals surface area contributed by atoms with E-state index in [9.17, 15) is 0 Å². The Bertz CT molecular complexity index is 1120. The fraction of sp³-hybridized carbons (Fsp3) is 0.286. The monoisotopic (exact) mass is 375 g/mol. The molecular formula is C21H21N5O2. The van der Waals surface area contributed by atoms with E-state index < -0.39 is 0 Å². The van der Waals surface area contributed by atoms with Gasteiger partial charge in [-0.05, 0) is 36.2 Å². The van der Waals surface area contributed by atoms with Gasteiger partial charge in [0, 0.05) is 36.4 Å². The molecule has 0 amide bonds. The molecule has 0 aliphatic carbocycles. The molecule has 3 aromatic heterocycles. The largest absolute Gasteiger partial charge is 0.476 e. The summed E-state index contributed by atoms with van der Waals surface area (Å²) in [5.41, 5.74) is 4.98. The SMILES string of the molecule is CCOc1nc(N2CCOCC2)nc2c1[nH]c1cc(-c3ccncc3)ccc12. The van der Waals surface area contributed by atoms with Crippen LogP contribution in [0.2, 0.25) is 0 Å². The molecule has 0 bridgehead atoms. The predicted octanol–water partition coefficient (Wildman–Crippen LogP) is 3.41. The first-order valence-electron chi connectivity index (χ1n) is 9.53. The van der Waals surface area contributed by atoms with Gasteiger partial charge in [-0.1, -0.05) is 12.1 Å². The molecule has 5 rings (SSSR count). The van der Waals surface area contributed by atoms with Crippen LogP contribution in [0.1, 0.15) is 6.92 Å². The highest BCUT2D eigenvalue weighted by molar-refractivity contribution is 6.07. The third-order valence-corrected chi connectivity index (χ3v) is 4.99. The smallest absolute Gasteiger partial charge is 0.243 e. The molecule has 4 heterocycles. The molecule has 0 saturated carbocycles. The van der Waals surface area contributed by atoms with E-state index in [0.717, 1.165) is 46.2 Å². The molecule has 7 heteroatoms. The Balaban J connectivity index is 1.67. The average molecular weight is 375 g/mol. The van der Waals surface area contributed by atoms with Gasteiger partial charge in [0.2, 0.25) is 11.8 Å². The van der Waals surface area contributed by atoms with Crippen molar-refractivity contribution >= 4 is 27.9 Å². The van der Waals surface area contributed by atoms with Gasteiger partial charge >= 0.3 is 0 Å². The summed E-state index contributed by atoms with van der Waals surface area (Å²) in [5, 5.41) is 1.06. The average Bonchev–Trinajstić information content (AvgIpc) is 3.13. The summed E-state index contributed by atoms with van der Waals surface area (Å²) in [6.07, 6.45) is 3.61. The van der Waals surface area contributed by atoms with Crippen molar-refractivity contribution < 1.29 is 9.47 Å². The lowest BCUT2D eigenvalue weighted by Crippen LogP contribution is -2.37. The maximum atomic E-state index is 5.85. The van der Waals surface area contributed by atoms with E-state index in [1.165, 1.54) is 0 Å². The molecule has 7 nitrogen and oxygen atoms in total. The van der Waals surface area contributed by atoms with Crippen molar-refractivity contribution in [2.75, 3.05) is 37.8 Å². The first-order chi connectivity index (χ1) is 13.8. The van der Waals surface area contributed by atoms with Crippen molar-refractivity contribution in [3.8, 4) is 17.0 Å². The highest BCUT2D eigenvalue weighted by atomic mass is 16.5. The molecule has 1 fully saturated rings. The van der Waals surface area contributed by atoms with Gasteiger partial charge < -0.3 is 19.4 Å². The number of fused-ring (bicyclic) bond motifs is 3. The van der Waals surface area contributed by atoms with E-state index in [2.05, 4.69) is 38.1 Å². The van der Waals surface area contributed by atoms with Gasteiger partial charge in [-0.25, -0.2) is 4.98 Å². The molecule has 0 spiro atoms. The van der Waals surface area contributed by atoms with E-state index >= 15 is 0 Å². The first-order valence-corrected chi connectivity index (χ1v) is 9.53. The van der Waals surface area contributed by atoms with E-state index in [-0.39, 0.29) is 0 Å². The second kappa shape index (κ2) is 7.09. The lowest BCUT2D eigenvalue weighted by atomic mass is 10.1. The number of aromatic nitrogens is 4. The summed E-state index contributed by atoms with van der Waals surface area (Å²) >= 11 is 0. The molecule has 1 saturated heterocycles. The molecule has 0 unspecified atom stereocenters. The van der Waals surface area contributed by atoms with Crippen LogP contribution in [-0.2, 0) is 4.74 Å². The second-order valence-electron chi connectivity index (χ2n) is 6.71. The summed E-state index contributed by atoms with van der Waals surface area (Å²) in [6, 6.07) is 10.4. The van der Waals surface area contributed by atoms with Crippen LogP contribution in [0.25, 0.3) is 33.1 Å². The third-order valence-electron chi connectivity index (χ3n) is 4.99. The van der Waals surface area contributed by atoms with Gasteiger partial charge in [0.1, 0.15) is 11.0 Å². The van der Waals surface area contributed by atoms with Crippen LogP contribution in [0.4, 0.5) is 5.95 Å². The van der Waals surface area contributed by atoms with Gasteiger partial charge in [-0.15, -0.1) is 0 Å². The van der Waals surface area contributed by atoms with Crippen molar-refractivity contribution in [3.05, 3.63) is 42.7 Å². The quantitative estimate of drug-likeness (QED) is 0.589. The molecule has 28 heavy (non-hydrogen) atoms. The topological polar surface area (TPSA) is 76.2 Å². The number of ether oxygens (including phenoxy) is 2. The Morgan fingerprint density at radius 2 is 1.89 bits per heavy atom. The summed E-state index contributed by atoms with van der Waals surface area (Å²) in [7, 11) is 0. The number of benzene rings is 1. The summed E-state index contributed by atoms with van der Waals surface area (Å²) in [6.45, 7) is 5.46. The zero-order valence-electron chi connectivity index (χ0n) is 15.7. The van der Waals surface area contributed by atoms with Crippen molar-refractivity contribution in [2.24, 2.45) is 0 Å². The van der Waals surface area contributed by atoms with Crippen LogP contribution in [0, 0.1) is 0 Å². The lowest BCUT2D eigenvalue weighted by Gasteiger charge is -2.26. The first kappa shape index (κ1) is 16.9. The number of hydrogen-bond acceptors (Lipinski definition) is 6. The van der Waals surface area contributed by atoms with Gasteiger partial charge in [-0.3, -0.25) is 4.98 Å². The Labute approximate surface area is 162 Å². The molecule has 142 valence electrons. The fourth-order valence-electron chi connectivity index (χ4n) is 3.60. The van der Waals surface area contributed by atoms with Crippen LogP contribution in [0.3, 0.4) is 0 Å². The Kier molecular flexibility index (Phi) is 4.29. The molecule has 1 N–H and O–H groups in total. The number of H-pyrrole nitrogens is 1. The van der Waals surface area contributed by atoms with Crippen molar-refractivity contribution in [1.82, 2.24) is 19.9 Å². The minimum Gasteiger partial charge on any atom is -0.476 e. The van der Waals surface area contributed by atoms with E-state index in [1.807, 2.05) is 19.1 Å². The number of nitrogens with zero attached hydrogens (tertiary/aromatic N) is 4. The van der Waals surface area contributed by atoms with Crippen molar-refractivity contribution in [2.45, 2.75) is 6.92 Å². The van der Waals surface area contributed by atoms with Gasteiger partial charge in [0.15, 0.2) is 0 Å². The molecule has 1 aliphatic rings. The number of aromatic amines is 1. The van der Waals surface area contributed by atoms with Crippen molar-refractivity contribution in [3.63, 3.8) is 0 Å².